The first-order chi connectivity index (χ1) is 9.93. The molecule has 1 aliphatic rings. The van der Waals surface area contributed by atoms with Crippen LogP contribution in [0.5, 0.6) is 0 Å². The standard InChI is InChI=1S/C16H15N3S/c1-2-6-12(7-3-1)19-15-13(8-4-10-17-15)18-16(19)14-9-5-11-20-14/h1-4,6-8,10,14H,5,9,11H2. The summed E-state index contributed by atoms with van der Waals surface area (Å²) in [5.41, 5.74) is 3.09. The largest absolute Gasteiger partial charge is 0.280 e. The predicted octanol–water partition coefficient (Wildman–Crippen LogP) is 3.99. The van der Waals surface area contributed by atoms with Crippen molar-refractivity contribution in [2.24, 2.45) is 0 Å². The maximum atomic E-state index is 4.85. The predicted molar refractivity (Wildman–Crippen MR) is 83.3 cm³/mol. The molecule has 4 rings (SSSR count). The van der Waals surface area contributed by atoms with E-state index < -0.39 is 0 Å². The molecule has 3 aromatic rings. The number of imidazole rings is 1. The molecule has 0 radical (unpaired) electrons. The topological polar surface area (TPSA) is 30.7 Å². The Morgan fingerprint density at radius 2 is 2.00 bits per heavy atom. The summed E-state index contributed by atoms with van der Waals surface area (Å²) in [6, 6.07) is 14.4. The second-order valence-corrected chi connectivity index (χ2v) is 6.30. The minimum absolute atomic E-state index is 0.490. The molecule has 2 aromatic heterocycles. The zero-order valence-corrected chi connectivity index (χ0v) is 11.9. The molecule has 100 valence electrons. The molecular weight excluding hydrogens is 266 g/mol. The van der Waals surface area contributed by atoms with Crippen molar-refractivity contribution >= 4 is 22.9 Å². The second-order valence-electron chi connectivity index (χ2n) is 4.99. The smallest absolute Gasteiger partial charge is 0.164 e. The Labute approximate surface area is 122 Å². The summed E-state index contributed by atoms with van der Waals surface area (Å²) in [7, 11) is 0. The van der Waals surface area contributed by atoms with Gasteiger partial charge in [0.25, 0.3) is 0 Å². The van der Waals surface area contributed by atoms with E-state index in [9.17, 15) is 0 Å². The van der Waals surface area contributed by atoms with Crippen molar-refractivity contribution in [1.82, 2.24) is 14.5 Å². The lowest BCUT2D eigenvalue weighted by Gasteiger charge is -2.12. The van der Waals surface area contributed by atoms with Crippen LogP contribution in [0.3, 0.4) is 0 Å². The number of rotatable bonds is 2. The van der Waals surface area contributed by atoms with Crippen molar-refractivity contribution in [3.8, 4) is 5.69 Å². The Hall–Kier alpha value is -1.81. The third-order valence-corrected chi connectivity index (χ3v) is 5.05. The monoisotopic (exact) mass is 281 g/mol. The lowest BCUT2D eigenvalue weighted by Crippen LogP contribution is -2.04. The average molecular weight is 281 g/mol. The van der Waals surface area contributed by atoms with E-state index in [1.165, 1.54) is 18.6 Å². The van der Waals surface area contributed by atoms with Crippen LogP contribution in [0.25, 0.3) is 16.9 Å². The van der Waals surface area contributed by atoms with E-state index in [4.69, 9.17) is 4.98 Å². The fraction of sp³-hybridized carbons (Fsp3) is 0.250. The number of pyridine rings is 1. The van der Waals surface area contributed by atoms with Gasteiger partial charge in [-0.25, -0.2) is 9.97 Å². The number of para-hydroxylation sites is 1. The summed E-state index contributed by atoms with van der Waals surface area (Å²) in [6.45, 7) is 0. The molecule has 20 heavy (non-hydrogen) atoms. The molecule has 3 heterocycles. The molecule has 1 saturated heterocycles. The summed E-state index contributed by atoms with van der Waals surface area (Å²) >= 11 is 2.01. The third-order valence-electron chi connectivity index (χ3n) is 3.67. The van der Waals surface area contributed by atoms with Gasteiger partial charge in [0.15, 0.2) is 5.65 Å². The maximum Gasteiger partial charge on any atom is 0.164 e. The minimum atomic E-state index is 0.490. The van der Waals surface area contributed by atoms with Crippen molar-refractivity contribution < 1.29 is 0 Å². The SMILES string of the molecule is c1ccc(-n2c(C3CCCS3)nc3cccnc32)cc1. The van der Waals surface area contributed by atoms with Gasteiger partial charge >= 0.3 is 0 Å². The Morgan fingerprint density at radius 1 is 1.10 bits per heavy atom. The van der Waals surface area contributed by atoms with Crippen molar-refractivity contribution in [2.75, 3.05) is 5.75 Å². The van der Waals surface area contributed by atoms with E-state index in [1.54, 1.807) is 0 Å². The normalized spacial score (nSPS) is 18.7. The van der Waals surface area contributed by atoms with Crippen LogP contribution in [0.1, 0.15) is 23.9 Å². The number of hydrogen-bond acceptors (Lipinski definition) is 3. The molecule has 0 aliphatic carbocycles. The average Bonchev–Trinajstić information content (AvgIpc) is 3.15. The molecule has 0 saturated carbocycles. The highest BCUT2D eigenvalue weighted by molar-refractivity contribution is 7.99. The van der Waals surface area contributed by atoms with Crippen molar-refractivity contribution in [3.05, 3.63) is 54.5 Å². The van der Waals surface area contributed by atoms with Gasteiger partial charge in [-0.1, -0.05) is 18.2 Å². The van der Waals surface area contributed by atoms with Crippen LogP contribution in [-0.4, -0.2) is 20.3 Å². The Morgan fingerprint density at radius 3 is 2.80 bits per heavy atom. The Kier molecular flexibility index (Phi) is 2.96. The number of aromatic nitrogens is 3. The molecule has 1 unspecified atom stereocenters. The summed E-state index contributed by atoms with van der Waals surface area (Å²) in [6.07, 6.45) is 4.33. The molecule has 1 aromatic carbocycles. The van der Waals surface area contributed by atoms with E-state index >= 15 is 0 Å². The highest BCUT2D eigenvalue weighted by Crippen LogP contribution is 2.41. The second kappa shape index (κ2) is 4.94. The number of nitrogens with zero attached hydrogens (tertiary/aromatic N) is 3. The molecule has 1 fully saturated rings. The van der Waals surface area contributed by atoms with Crippen molar-refractivity contribution in [2.45, 2.75) is 18.1 Å². The van der Waals surface area contributed by atoms with Crippen LogP contribution >= 0.6 is 11.8 Å². The van der Waals surface area contributed by atoms with Gasteiger partial charge in [0, 0.05) is 11.9 Å². The number of benzene rings is 1. The highest BCUT2D eigenvalue weighted by Gasteiger charge is 2.25. The van der Waals surface area contributed by atoms with E-state index in [1.807, 2.05) is 36.2 Å². The molecule has 0 N–H and O–H groups in total. The van der Waals surface area contributed by atoms with E-state index in [0.717, 1.165) is 22.7 Å². The van der Waals surface area contributed by atoms with Gasteiger partial charge in [-0.15, -0.1) is 0 Å². The first-order valence-corrected chi connectivity index (χ1v) is 7.99. The van der Waals surface area contributed by atoms with Gasteiger partial charge in [-0.05, 0) is 42.9 Å². The number of thioether (sulfide) groups is 1. The minimum Gasteiger partial charge on any atom is -0.280 e. The summed E-state index contributed by atoms with van der Waals surface area (Å²) in [5, 5.41) is 0.490. The molecule has 0 spiro atoms. The van der Waals surface area contributed by atoms with Gasteiger partial charge < -0.3 is 0 Å². The number of hydrogen-bond donors (Lipinski definition) is 0. The maximum absolute atomic E-state index is 4.85. The van der Waals surface area contributed by atoms with Gasteiger partial charge in [0.1, 0.15) is 11.3 Å². The van der Waals surface area contributed by atoms with Gasteiger partial charge in [0.2, 0.25) is 0 Å². The van der Waals surface area contributed by atoms with Crippen LogP contribution in [0, 0.1) is 0 Å². The Bertz CT molecular complexity index is 730. The molecule has 0 amide bonds. The Balaban J connectivity index is 1.98. The lowest BCUT2D eigenvalue weighted by molar-refractivity contribution is 0.765. The summed E-state index contributed by atoms with van der Waals surface area (Å²) < 4.78 is 2.22. The first-order valence-electron chi connectivity index (χ1n) is 6.94. The fourth-order valence-electron chi connectivity index (χ4n) is 2.76. The van der Waals surface area contributed by atoms with Crippen LogP contribution in [0.15, 0.2) is 48.7 Å². The molecule has 0 bridgehead atoms. The van der Waals surface area contributed by atoms with Crippen LogP contribution in [0.2, 0.25) is 0 Å². The molecule has 1 aliphatic heterocycles. The van der Waals surface area contributed by atoms with E-state index in [2.05, 4.69) is 33.8 Å². The molecule has 3 nitrogen and oxygen atoms in total. The van der Waals surface area contributed by atoms with Crippen LogP contribution < -0.4 is 0 Å². The zero-order chi connectivity index (χ0) is 13.4. The molecule has 4 heteroatoms. The fourth-order valence-corrected chi connectivity index (χ4v) is 4.02. The van der Waals surface area contributed by atoms with Crippen molar-refractivity contribution in [3.63, 3.8) is 0 Å². The van der Waals surface area contributed by atoms with Crippen LogP contribution in [-0.2, 0) is 0 Å². The zero-order valence-electron chi connectivity index (χ0n) is 11.1. The van der Waals surface area contributed by atoms with E-state index in [0.29, 0.717) is 5.25 Å². The lowest BCUT2D eigenvalue weighted by atomic mass is 10.2. The molecule has 1 atom stereocenters. The summed E-state index contributed by atoms with van der Waals surface area (Å²) in [4.78, 5) is 9.39. The highest BCUT2D eigenvalue weighted by atomic mass is 32.2. The summed E-state index contributed by atoms with van der Waals surface area (Å²) in [5.74, 6) is 2.38. The third kappa shape index (κ3) is 1.91. The van der Waals surface area contributed by atoms with Gasteiger partial charge in [0.05, 0.1) is 5.25 Å². The van der Waals surface area contributed by atoms with Crippen molar-refractivity contribution in [1.29, 1.82) is 0 Å². The van der Waals surface area contributed by atoms with Gasteiger partial charge in [-0.2, -0.15) is 11.8 Å². The van der Waals surface area contributed by atoms with Crippen LogP contribution in [0.4, 0.5) is 0 Å². The molecular formula is C16H15N3S. The quantitative estimate of drug-likeness (QED) is 0.711. The number of fused-ring (bicyclic) bond motifs is 1. The van der Waals surface area contributed by atoms with Gasteiger partial charge in [-0.3, -0.25) is 4.57 Å². The van der Waals surface area contributed by atoms with E-state index in [-0.39, 0.29) is 0 Å². The first kappa shape index (κ1) is 12.0.